The summed E-state index contributed by atoms with van der Waals surface area (Å²) in [6.07, 6.45) is 3.16. The first-order chi connectivity index (χ1) is 8.04. The molecule has 17 heavy (non-hydrogen) atoms. The molecule has 1 heterocycles. The monoisotopic (exact) mass is 300 g/mol. The lowest BCUT2D eigenvalue weighted by Gasteiger charge is -2.14. The van der Waals surface area contributed by atoms with Gasteiger partial charge in [0, 0.05) is 16.7 Å². The van der Waals surface area contributed by atoms with Crippen molar-refractivity contribution in [3.8, 4) is 0 Å². The number of nitrogens with one attached hydrogen (secondary N) is 1. The molecule has 1 aliphatic carbocycles. The Kier molecular flexibility index (Phi) is 3.35. The van der Waals surface area contributed by atoms with Gasteiger partial charge in [0.15, 0.2) is 0 Å². The highest BCUT2D eigenvalue weighted by Gasteiger charge is 2.43. The number of amides is 1. The molecule has 0 aliphatic heterocycles. The van der Waals surface area contributed by atoms with Crippen LogP contribution in [0.4, 0.5) is 0 Å². The predicted molar refractivity (Wildman–Crippen MR) is 65.6 cm³/mol. The number of aromatic nitrogens is 1. The molecule has 0 atom stereocenters. The summed E-state index contributed by atoms with van der Waals surface area (Å²) in [4.78, 5) is 23.2. The van der Waals surface area contributed by atoms with Crippen molar-refractivity contribution in [2.75, 3.05) is 6.61 Å². The molecule has 0 saturated heterocycles. The van der Waals surface area contributed by atoms with Crippen LogP contribution < -0.4 is 10.9 Å². The highest BCUT2D eigenvalue weighted by atomic mass is 79.9. The molecule has 0 bridgehead atoms. The molecular formula is C11H13BrN2O3. The van der Waals surface area contributed by atoms with Crippen LogP contribution in [0.15, 0.2) is 27.6 Å². The molecule has 5 nitrogen and oxygen atoms in total. The number of rotatable bonds is 4. The van der Waals surface area contributed by atoms with Crippen LogP contribution in [-0.4, -0.2) is 27.7 Å². The third-order valence-electron chi connectivity index (χ3n) is 2.82. The number of aliphatic hydroxyl groups excluding tert-OH is 1. The summed E-state index contributed by atoms with van der Waals surface area (Å²) >= 11 is 3.24. The first-order valence-electron chi connectivity index (χ1n) is 5.33. The topological polar surface area (TPSA) is 71.3 Å². The Morgan fingerprint density at radius 3 is 2.82 bits per heavy atom. The van der Waals surface area contributed by atoms with E-state index in [-0.39, 0.29) is 24.6 Å². The van der Waals surface area contributed by atoms with Crippen LogP contribution in [0.2, 0.25) is 0 Å². The van der Waals surface area contributed by atoms with Crippen molar-refractivity contribution in [1.82, 2.24) is 9.88 Å². The van der Waals surface area contributed by atoms with Crippen molar-refractivity contribution < 1.29 is 9.90 Å². The molecule has 92 valence electrons. The van der Waals surface area contributed by atoms with Gasteiger partial charge in [-0.1, -0.05) is 0 Å². The SMILES string of the molecule is O=C(Cn1cc(Br)ccc1=O)NC1(CO)CC1. The lowest BCUT2D eigenvalue weighted by molar-refractivity contribution is -0.123. The second kappa shape index (κ2) is 4.62. The van der Waals surface area contributed by atoms with Gasteiger partial charge < -0.3 is 15.0 Å². The maximum absolute atomic E-state index is 11.7. The Balaban J connectivity index is 2.03. The molecule has 1 aromatic rings. The number of pyridine rings is 1. The molecule has 1 aromatic heterocycles. The van der Waals surface area contributed by atoms with Gasteiger partial charge in [0.25, 0.3) is 5.56 Å². The van der Waals surface area contributed by atoms with Gasteiger partial charge in [0.05, 0.1) is 12.1 Å². The highest BCUT2D eigenvalue weighted by Crippen LogP contribution is 2.34. The van der Waals surface area contributed by atoms with Crippen LogP contribution >= 0.6 is 15.9 Å². The highest BCUT2D eigenvalue weighted by molar-refractivity contribution is 9.10. The van der Waals surface area contributed by atoms with E-state index < -0.39 is 5.54 Å². The van der Waals surface area contributed by atoms with Crippen LogP contribution in [0.3, 0.4) is 0 Å². The fraction of sp³-hybridized carbons (Fsp3) is 0.455. The quantitative estimate of drug-likeness (QED) is 0.837. The molecule has 0 radical (unpaired) electrons. The third kappa shape index (κ3) is 2.95. The molecule has 1 aliphatic rings. The van der Waals surface area contributed by atoms with Crippen molar-refractivity contribution in [2.45, 2.75) is 24.9 Å². The lowest BCUT2D eigenvalue weighted by atomic mass is 10.3. The lowest BCUT2D eigenvalue weighted by Crippen LogP contribution is -2.42. The van der Waals surface area contributed by atoms with E-state index in [1.165, 1.54) is 10.6 Å². The van der Waals surface area contributed by atoms with Crippen molar-refractivity contribution in [3.05, 3.63) is 33.2 Å². The predicted octanol–water partition coefficient (Wildman–Crippen LogP) is 0.252. The molecule has 6 heteroatoms. The number of aliphatic hydroxyl groups is 1. The normalized spacial score (nSPS) is 16.6. The molecule has 2 N–H and O–H groups in total. The molecule has 1 amide bonds. The second-order valence-corrected chi connectivity index (χ2v) is 5.22. The summed E-state index contributed by atoms with van der Waals surface area (Å²) in [5, 5.41) is 11.8. The summed E-state index contributed by atoms with van der Waals surface area (Å²) in [5.41, 5.74) is -0.663. The summed E-state index contributed by atoms with van der Waals surface area (Å²) in [6, 6.07) is 3.03. The van der Waals surface area contributed by atoms with Gasteiger partial charge in [-0.25, -0.2) is 0 Å². The third-order valence-corrected chi connectivity index (χ3v) is 3.29. The Bertz CT molecular complexity index is 494. The summed E-state index contributed by atoms with van der Waals surface area (Å²) in [6.45, 7) is -0.0772. The minimum atomic E-state index is -0.438. The maximum Gasteiger partial charge on any atom is 0.251 e. The van der Waals surface area contributed by atoms with Crippen molar-refractivity contribution in [1.29, 1.82) is 0 Å². The molecule has 1 fully saturated rings. The van der Waals surface area contributed by atoms with E-state index in [4.69, 9.17) is 5.11 Å². The summed E-state index contributed by atoms with van der Waals surface area (Å²) in [7, 11) is 0. The number of carbonyl (C=O) groups excluding carboxylic acids is 1. The number of carbonyl (C=O) groups is 1. The summed E-state index contributed by atoms with van der Waals surface area (Å²) < 4.78 is 2.07. The van der Waals surface area contributed by atoms with E-state index >= 15 is 0 Å². The fourth-order valence-electron chi connectivity index (χ4n) is 1.59. The Morgan fingerprint density at radius 1 is 1.53 bits per heavy atom. The average molecular weight is 301 g/mol. The van der Waals surface area contributed by atoms with E-state index in [0.717, 1.165) is 17.3 Å². The minimum Gasteiger partial charge on any atom is -0.394 e. The van der Waals surface area contributed by atoms with Gasteiger partial charge in [0.1, 0.15) is 6.54 Å². The smallest absolute Gasteiger partial charge is 0.251 e. The standard InChI is InChI=1S/C11H13BrN2O3/c12-8-1-2-10(17)14(5-8)6-9(16)13-11(7-15)3-4-11/h1-2,5,15H,3-4,6-7H2,(H,13,16). The Morgan fingerprint density at radius 2 is 2.24 bits per heavy atom. The zero-order chi connectivity index (χ0) is 12.5. The van der Waals surface area contributed by atoms with Crippen LogP contribution in [0.5, 0.6) is 0 Å². The molecule has 0 spiro atoms. The van der Waals surface area contributed by atoms with Crippen LogP contribution in [0.25, 0.3) is 0 Å². The van der Waals surface area contributed by atoms with Gasteiger partial charge >= 0.3 is 0 Å². The largest absolute Gasteiger partial charge is 0.394 e. The van der Waals surface area contributed by atoms with Gasteiger partial charge in [0.2, 0.25) is 5.91 Å². The zero-order valence-corrected chi connectivity index (χ0v) is 10.7. The first kappa shape index (κ1) is 12.3. The Hall–Kier alpha value is -1.14. The van der Waals surface area contributed by atoms with Crippen LogP contribution in [-0.2, 0) is 11.3 Å². The van der Waals surface area contributed by atoms with E-state index in [9.17, 15) is 9.59 Å². The van der Waals surface area contributed by atoms with E-state index in [1.807, 2.05) is 0 Å². The minimum absolute atomic E-state index is 0.0278. The van der Waals surface area contributed by atoms with E-state index in [2.05, 4.69) is 21.2 Å². The van der Waals surface area contributed by atoms with Gasteiger partial charge in [-0.3, -0.25) is 9.59 Å². The molecule has 0 aromatic carbocycles. The summed E-state index contributed by atoms with van der Waals surface area (Å²) in [5.74, 6) is -0.253. The number of nitrogens with zero attached hydrogens (tertiary/aromatic N) is 1. The van der Waals surface area contributed by atoms with Crippen LogP contribution in [0, 0.1) is 0 Å². The first-order valence-corrected chi connectivity index (χ1v) is 6.12. The van der Waals surface area contributed by atoms with Crippen molar-refractivity contribution in [3.63, 3.8) is 0 Å². The number of halogens is 1. The molecule has 0 unspecified atom stereocenters. The molecular weight excluding hydrogens is 288 g/mol. The van der Waals surface area contributed by atoms with Crippen molar-refractivity contribution in [2.24, 2.45) is 0 Å². The van der Waals surface area contributed by atoms with E-state index in [0.29, 0.717) is 0 Å². The molecule has 2 rings (SSSR count). The second-order valence-electron chi connectivity index (χ2n) is 4.30. The van der Waals surface area contributed by atoms with Gasteiger partial charge in [-0.2, -0.15) is 0 Å². The van der Waals surface area contributed by atoms with Gasteiger partial charge in [-0.05, 0) is 34.8 Å². The fourth-order valence-corrected chi connectivity index (χ4v) is 1.97. The van der Waals surface area contributed by atoms with Crippen LogP contribution in [0.1, 0.15) is 12.8 Å². The number of hydrogen-bond donors (Lipinski definition) is 2. The molecule has 1 saturated carbocycles. The Labute approximate surface area is 107 Å². The maximum atomic E-state index is 11.7. The number of hydrogen-bond acceptors (Lipinski definition) is 3. The zero-order valence-electron chi connectivity index (χ0n) is 9.15. The van der Waals surface area contributed by atoms with Gasteiger partial charge in [-0.15, -0.1) is 0 Å². The van der Waals surface area contributed by atoms with Crippen molar-refractivity contribution >= 4 is 21.8 Å². The van der Waals surface area contributed by atoms with E-state index in [1.54, 1.807) is 12.3 Å². The average Bonchev–Trinajstić information content (AvgIpc) is 3.04.